The highest BCUT2D eigenvalue weighted by atomic mass is 35.5. The monoisotopic (exact) mass is 314 g/mol. The van der Waals surface area contributed by atoms with Crippen molar-refractivity contribution in [3.63, 3.8) is 0 Å². The number of carbonyl (C=O) groups is 1. The van der Waals surface area contributed by atoms with E-state index in [4.69, 9.17) is 9.47 Å². The van der Waals surface area contributed by atoms with E-state index in [1.54, 1.807) is 7.11 Å². The van der Waals surface area contributed by atoms with Crippen LogP contribution in [0.1, 0.15) is 18.9 Å². The van der Waals surface area contributed by atoms with E-state index in [0.717, 1.165) is 30.8 Å². The average molecular weight is 315 g/mol. The van der Waals surface area contributed by atoms with Crippen LogP contribution in [0, 0.1) is 5.92 Å². The first-order valence-electron chi connectivity index (χ1n) is 7.02. The highest BCUT2D eigenvalue weighted by molar-refractivity contribution is 5.85. The lowest BCUT2D eigenvalue weighted by Gasteiger charge is -2.13. The Labute approximate surface area is 131 Å². The van der Waals surface area contributed by atoms with Crippen molar-refractivity contribution in [3.05, 3.63) is 23.8 Å². The van der Waals surface area contributed by atoms with Crippen LogP contribution in [0.15, 0.2) is 18.2 Å². The Bertz CT molecular complexity index is 462. The molecule has 1 unspecified atom stereocenters. The summed E-state index contributed by atoms with van der Waals surface area (Å²) >= 11 is 0. The Hall–Kier alpha value is -1.46. The number of hydrogen-bond donors (Lipinski definition) is 2. The first-order chi connectivity index (χ1) is 9.74. The lowest BCUT2D eigenvalue weighted by atomic mass is 10.1. The Kier molecular flexibility index (Phi) is 7.32. The first kappa shape index (κ1) is 17.6. The molecule has 1 saturated heterocycles. The van der Waals surface area contributed by atoms with Gasteiger partial charge in [0.25, 0.3) is 0 Å². The van der Waals surface area contributed by atoms with Crippen LogP contribution in [-0.4, -0.2) is 32.7 Å². The molecule has 0 radical (unpaired) electrons. The molecule has 1 amide bonds. The third kappa shape index (κ3) is 4.79. The molecule has 1 aromatic carbocycles. The molecule has 0 saturated carbocycles. The topological polar surface area (TPSA) is 59.6 Å². The minimum atomic E-state index is 0. The number of benzene rings is 1. The molecule has 1 aliphatic rings. The third-order valence-corrected chi connectivity index (χ3v) is 3.43. The average Bonchev–Trinajstić information content (AvgIpc) is 3.00. The Morgan fingerprint density at radius 3 is 2.86 bits per heavy atom. The minimum Gasteiger partial charge on any atom is -0.493 e. The molecule has 21 heavy (non-hydrogen) atoms. The van der Waals surface area contributed by atoms with Crippen LogP contribution in [0.3, 0.4) is 0 Å². The summed E-state index contributed by atoms with van der Waals surface area (Å²) in [6, 6.07) is 5.72. The van der Waals surface area contributed by atoms with Gasteiger partial charge in [0.15, 0.2) is 11.5 Å². The second kappa shape index (κ2) is 8.74. The zero-order valence-corrected chi connectivity index (χ0v) is 13.3. The summed E-state index contributed by atoms with van der Waals surface area (Å²) < 4.78 is 10.8. The smallest absolute Gasteiger partial charge is 0.224 e. The lowest BCUT2D eigenvalue weighted by molar-refractivity contribution is -0.124. The van der Waals surface area contributed by atoms with E-state index in [1.807, 2.05) is 25.1 Å². The van der Waals surface area contributed by atoms with Gasteiger partial charge in [-0.2, -0.15) is 0 Å². The molecular formula is C15H23ClN2O3. The van der Waals surface area contributed by atoms with Gasteiger partial charge in [-0.3, -0.25) is 4.79 Å². The summed E-state index contributed by atoms with van der Waals surface area (Å²) in [5.74, 6) is 1.63. The van der Waals surface area contributed by atoms with Crippen molar-refractivity contribution in [2.45, 2.75) is 19.9 Å². The molecule has 1 heterocycles. The van der Waals surface area contributed by atoms with Gasteiger partial charge < -0.3 is 20.1 Å². The second-order valence-corrected chi connectivity index (χ2v) is 4.83. The molecule has 118 valence electrons. The van der Waals surface area contributed by atoms with Crippen LogP contribution in [0.5, 0.6) is 11.5 Å². The number of ether oxygens (including phenoxy) is 2. The SMILES string of the molecule is CCOc1ccc(CNC(=O)C2CCNC2)cc1OC.Cl. The number of methoxy groups -OCH3 is 1. The molecule has 2 N–H and O–H groups in total. The zero-order chi connectivity index (χ0) is 14.4. The number of hydrogen-bond acceptors (Lipinski definition) is 4. The zero-order valence-electron chi connectivity index (χ0n) is 12.5. The first-order valence-corrected chi connectivity index (χ1v) is 7.02. The molecule has 1 atom stereocenters. The second-order valence-electron chi connectivity index (χ2n) is 4.83. The predicted molar refractivity (Wildman–Crippen MR) is 84.2 cm³/mol. The van der Waals surface area contributed by atoms with Gasteiger partial charge in [0.2, 0.25) is 5.91 Å². The van der Waals surface area contributed by atoms with Crippen LogP contribution in [0.2, 0.25) is 0 Å². The predicted octanol–water partition coefficient (Wildman–Crippen LogP) is 1.74. The molecule has 5 nitrogen and oxygen atoms in total. The summed E-state index contributed by atoms with van der Waals surface area (Å²) in [4.78, 5) is 11.9. The van der Waals surface area contributed by atoms with E-state index < -0.39 is 0 Å². The largest absolute Gasteiger partial charge is 0.493 e. The lowest BCUT2D eigenvalue weighted by Crippen LogP contribution is -2.31. The molecule has 0 spiro atoms. The summed E-state index contributed by atoms with van der Waals surface area (Å²) in [7, 11) is 1.62. The van der Waals surface area contributed by atoms with Crippen LogP contribution >= 0.6 is 12.4 Å². The molecule has 0 bridgehead atoms. The van der Waals surface area contributed by atoms with E-state index in [9.17, 15) is 4.79 Å². The van der Waals surface area contributed by atoms with Crippen LogP contribution in [0.4, 0.5) is 0 Å². The van der Waals surface area contributed by atoms with Gasteiger partial charge in [-0.25, -0.2) is 0 Å². The molecule has 1 aliphatic heterocycles. The Balaban J connectivity index is 0.00000220. The number of halogens is 1. The van der Waals surface area contributed by atoms with Gasteiger partial charge in [-0.1, -0.05) is 6.07 Å². The fourth-order valence-electron chi connectivity index (χ4n) is 2.31. The van der Waals surface area contributed by atoms with Gasteiger partial charge in [-0.05, 0) is 37.6 Å². The van der Waals surface area contributed by atoms with Gasteiger partial charge in [0, 0.05) is 13.1 Å². The summed E-state index contributed by atoms with van der Waals surface area (Å²) in [6.07, 6.45) is 0.915. The summed E-state index contributed by atoms with van der Waals surface area (Å²) in [5, 5.41) is 6.16. The van der Waals surface area contributed by atoms with Crippen molar-refractivity contribution in [1.82, 2.24) is 10.6 Å². The maximum absolute atomic E-state index is 11.9. The molecular weight excluding hydrogens is 292 g/mol. The van der Waals surface area contributed by atoms with Crippen molar-refractivity contribution < 1.29 is 14.3 Å². The van der Waals surface area contributed by atoms with Crippen molar-refractivity contribution >= 4 is 18.3 Å². The van der Waals surface area contributed by atoms with Gasteiger partial charge in [-0.15, -0.1) is 12.4 Å². The van der Waals surface area contributed by atoms with Crippen molar-refractivity contribution in [2.75, 3.05) is 26.8 Å². The van der Waals surface area contributed by atoms with E-state index >= 15 is 0 Å². The fraction of sp³-hybridized carbons (Fsp3) is 0.533. The third-order valence-electron chi connectivity index (χ3n) is 3.43. The van der Waals surface area contributed by atoms with Crippen molar-refractivity contribution in [2.24, 2.45) is 5.92 Å². The minimum absolute atomic E-state index is 0. The molecule has 1 aromatic rings. The standard InChI is InChI=1S/C15H22N2O3.ClH/c1-3-20-13-5-4-11(8-14(13)19-2)9-17-15(18)12-6-7-16-10-12;/h4-5,8,12,16H,3,6-7,9-10H2,1-2H3,(H,17,18);1H. The summed E-state index contributed by atoms with van der Waals surface area (Å²) in [6.45, 7) is 4.75. The number of amides is 1. The molecule has 1 fully saturated rings. The maximum Gasteiger partial charge on any atom is 0.224 e. The fourth-order valence-corrected chi connectivity index (χ4v) is 2.31. The quantitative estimate of drug-likeness (QED) is 0.840. The molecule has 0 aromatic heterocycles. The Morgan fingerprint density at radius 1 is 1.43 bits per heavy atom. The maximum atomic E-state index is 11.9. The van der Waals surface area contributed by atoms with Crippen LogP contribution in [0.25, 0.3) is 0 Å². The van der Waals surface area contributed by atoms with Crippen molar-refractivity contribution in [3.8, 4) is 11.5 Å². The highest BCUT2D eigenvalue weighted by Crippen LogP contribution is 2.28. The van der Waals surface area contributed by atoms with Crippen LogP contribution in [-0.2, 0) is 11.3 Å². The van der Waals surface area contributed by atoms with Gasteiger partial charge >= 0.3 is 0 Å². The van der Waals surface area contributed by atoms with E-state index in [0.29, 0.717) is 18.9 Å². The van der Waals surface area contributed by atoms with Gasteiger partial charge in [0.05, 0.1) is 19.6 Å². The van der Waals surface area contributed by atoms with Crippen molar-refractivity contribution in [1.29, 1.82) is 0 Å². The van der Waals surface area contributed by atoms with E-state index in [1.165, 1.54) is 0 Å². The highest BCUT2D eigenvalue weighted by Gasteiger charge is 2.21. The molecule has 0 aliphatic carbocycles. The number of rotatable bonds is 6. The number of carbonyl (C=O) groups excluding carboxylic acids is 1. The van der Waals surface area contributed by atoms with E-state index in [2.05, 4.69) is 10.6 Å². The Morgan fingerprint density at radius 2 is 2.24 bits per heavy atom. The number of nitrogens with one attached hydrogen (secondary N) is 2. The van der Waals surface area contributed by atoms with Gasteiger partial charge in [0.1, 0.15) is 0 Å². The van der Waals surface area contributed by atoms with E-state index in [-0.39, 0.29) is 24.2 Å². The molecule has 6 heteroatoms. The normalized spacial score (nSPS) is 17.0. The molecule has 2 rings (SSSR count). The van der Waals surface area contributed by atoms with Crippen LogP contribution < -0.4 is 20.1 Å². The summed E-state index contributed by atoms with van der Waals surface area (Å²) in [5.41, 5.74) is 1.00.